The average Bonchev–Trinajstić information content (AvgIpc) is 2.83. The molecule has 0 saturated carbocycles. The van der Waals surface area contributed by atoms with Crippen molar-refractivity contribution in [3.8, 4) is 5.75 Å². The van der Waals surface area contributed by atoms with Gasteiger partial charge in [0.25, 0.3) is 5.91 Å². The minimum atomic E-state index is -0.465. The Morgan fingerprint density at radius 1 is 1.15 bits per heavy atom. The maximum Gasteiger partial charge on any atom is 0.261 e. The van der Waals surface area contributed by atoms with E-state index < -0.39 is 6.04 Å². The van der Waals surface area contributed by atoms with Gasteiger partial charge < -0.3 is 15.0 Å². The molecule has 26 heavy (non-hydrogen) atoms. The van der Waals surface area contributed by atoms with Gasteiger partial charge in [0.15, 0.2) is 6.61 Å². The molecule has 0 aromatic heterocycles. The summed E-state index contributed by atoms with van der Waals surface area (Å²) in [5.74, 6) is 0.432. The molecule has 1 aliphatic heterocycles. The third kappa shape index (κ3) is 4.42. The summed E-state index contributed by atoms with van der Waals surface area (Å²) in [6, 6.07) is 17.4. The van der Waals surface area contributed by atoms with E-state index in [2.05, 4.69) is 17.4 Å². The lowest BCUT2D eigenvalue weighted by Gasteiger charge is -2.25. The lowest BCUT2D eigenvalue weighted by molar-refractivity contribution is -0.140. The van der Waals surface area contributed by atoms with E-state index in [1.54, 1.807) is 11.8 Å². The van der Waals surface area contributed by atoms with Gasteiger partial charge in [0.2, 0.25) is 5.91 Å². The van der Waals surface area contributed by atoms with Crippen LogP contribution in [0, 0.1) is 0 Å². The smallest absolute Gasteiger partial charge is 0.261 e. The first kappa shape index (κ1) is 18.0. The first-order valence-electron chi connectivity index (χ1n) is 8.97. The van der Waals surface area contributed by atoms with Crippen molar-refractivity contribution in [1.82, 2.24) is 10.2 Å². The Balaban J connectivity index is 1.66. The molecule has 0 unspecified atom stereocenters. The highest BCUT2D eigenvalue weighted by molar-refractivity contribution is 5.88. The maximum absolute atomic E-state index is 12.6. The van der Waals surface area contributed by atoms with Gasteiger partial charge in [-0.3, -0.25) is 9.59 Å². The SMILES string of the molecule is C[C@@H]1C(=O)NCCCN1C(=O)COc1ccccc1Cc1ccccc1. The number of carbonyl (C=O) groups is 2. The number of hydrogen-bond donors (Lipinski definition) is 1. The molecule has 5 nitrogen and oxygen atoms in total. The van der Waals surface area contributed by atoms with Crippen LogP contribution >= 0.6 is 0 Å². The van der Waals surface area contributed by atoms with Gasteiger partial charge in [0, 0.05) is 19.5 Å². The van der Waals surface area contributed by atoms with Crippen LogP contribution in [0.3, 0.4) is 0 Å². The summed E-state index contributed by atoms with van der Waals surface area (Å²) in [7, 11) is 0. The van der Waals surface area contributed by atoms with E-state index in [1.807, 2.05) is 42.5 Å². The predicted octanol–water partition coefficient (Wildman–Crippen LogP) is 2.39. The number of nitrogens with one attached hydrogen (secondary N) is 1. The summed E-state index contributed by atoms with van der Waals surface area (Å²) in [5, 5.41) is 2.82. The molecular formula is C21H24N2O3. The second-order valence-corrected chi connectivity index (χ2v) is 6.47. The van der Waals surface area contributed by atoms with Crippen molar-refractivity contribution in [1.29, 1.82) is 0 Å². The van der Waals surface area contributed by atoms with Crippen molar-refractivity contribution in [2.75, 3.05) is 19.7 Å². The normalized spacial score (nSPS) is 17.3. The number of rotatable bonds is 5. The van der Waals surface area contributed by atoms with Crippen LogP contribution in [-0.4, -0.2) is 42.5 Å². The molecule has 5 heteroatoms. The van der Waals surface area contributed by atoms with Crippen molar-refractivity contribution in [3.05, 3.63) is 65.7 Å². The summed E-state index contributed by atoms with van der Waals surface area (Å²) in [4.78, 5) is 26.1. The quantitative estimate of drug-likeness (QED) is 0.899. The van der Waals surface area contributed by atoms with Crippen molar-refractivity contribution in [2.24, 2.45) is 0 Å². The van der Waals surface area contributed by atoms with Gasteiger partial charge in [0.05, 0.1) is 0 Å². The number of amides is 2. The van der Waals surface area contributed by atoms with Crippen LogP contribution in [-0.2, 0) is 16.0 Å². The molecular weight excluding hydrogens is 328 g/mol. The maximum atomic E-state index is 12.6. The van der Waals surface area contributed by atoms with Gasteiger partial charge in [-0.25, -0.2) is 0 Å². The molecule has 136 valence electrons. The van der Waals surface area contributed by atoms with Gasteiger partial charge in [-0.05, 0) is 30.5 Å². The lowest BCUT2D eigenvalue weighted by Crippen LogP contribution is -2.47. The summed E-state index contributed by atoms with van der Waals surface area (Å²) >= 11 is 0. The second kappa shape index (κ2) is 8.52. The molecule has 1 saturated heterocycles. The van der Waals surface area contributed by atoms with Crippen LogP contribution < -0.4 is 10.1 Å². The van der Waals surface area contributed by atoms with E-state index in [-0.39, 0.29) is 18.4 Å². The molecule has 0 bridgehead atoms. The number of hydrogen-bond acceptors (Lipinski definition) is 3. The molecule has 1 atom stereocenters. The number of carbonyl (C=O) groups excluding carboxylic acids is 2. The van der Waals surface area contributed by atoms with E-state index in [1.165, 1.54) is 5.56 Å². The number of nitrogens with zero attached hydrogens (tertiary/aromatic N) is 1. The molecule has 0 radical (unpaired) electrons. The zero-order valence-corrected chi connectivity index (χ0v) is 15.0. The minimum Gasteiger partial charge on any atom is -0.483 e. The molecule has 0 spiro atoms. The van der Waals surface area contributed by atoms with E-state index in [0.29, 0.717) is 18.8 Å². The highest BCUT2D eigenvalue weighted by Gasteiger charge is 2.27. The molecule has 3 rings (SSSR count). The topological polar surface area (TPSA) is 58.6 Å². The van der Waals surface area contributed by atoms with E-state index in [0.717, 1.165) is 18.4 Å². The van der Waals surface area contributed by atoms with Gasteiger partial charge in [-0.15, -0.1) is 0 Å². The van der Waals surface area contributed by atoms with Crippen LogP contribution in [0.25, 0.3) is 0 Å². The highest BCUT2D eigenvalue weighted by atomic mass is 16.5. The fraction of sp³-hybridized carbons (Fsp3) is 0.333. The monoisotopic (exact) mass is 352 g/mol. The molecule has 2 aromatic rings. The molecule has 1 N–H and O–H groups in total. The Bertz CT molecular complexity index is 761. The summed E-state index contributed by atoms with van der Waals surface area (Å²) in [6.45, 7) is 2.85. The number of benzene rings is 2. The average molecular weight is 352 g/mol. The Hall–Kier alpha value is -2.82. The van der Waals surface area contributed by atoms with Gasteiger partial charge >= 0.3 is 0 Å². The summed E-state index contributed by atoms with van der Waals surface area (Å²) in [5.41, 5.74) is 2.22. The van der Waals surface area contributed by atoms with Crippen LogP contribution in [0.15, 0.2) is 54.6 Å². The second-order valence-electron chi connectivity index (χ2n) is 6.47. The third-order valence-electron chi connectivity index (χ3n) is 4.60. The summed E-state index contributed by atoms with van der Waals surface area (Å²) in [6.07, 6.45) is 1.50. The van der Waals surface area contributed by atoms with Crippen molar-refractivity contribution in [3.63, 3.8) is 0 Å². The first-order valence-corrected chi connectivity index (χ1v) is 8.97. The van der Waals surface area contributed by atoms with Crippen LogP contribution in [0.2, 0.25) is 0 Å². The molecule has 1 aliphatic rings. The molecule has 0 aliphatic carbocycles. The zero-order valence-electron chi connectivity index (χ0n) is 15.0. The Morgan fingerprint density at radius 3 is 2.69 bits per heavy atom. The highest BCUT2D eigenvalue weighted by Crippen LogP contribution is 2.21. The third-order valence-corrected chi connectivity index (χ3v) is 4.60. The molecule has 2 amide bonds. The van der Waals surface area contributed by atoms with E-state index >= 15 is 0 Å². The standard InChI is InChI=1S/C21H24N2O3/c1-16-21(25)22-12-7-13-23(16)20(24)15-26-19-11-6-5-10-18(19)14-17-8-3-2-4-9-17/h2-6,8-11,16H,7,12-15H2,1H3,(H,22,25)/t16-/m1/s1. The Labute approximate surface area is 154 Å². The van der Waals surface area contributed by atoms with Gasteiger partial charge in [-0.1, -0.05) is 48.5 Å². The van der Waals surface area contributed by atoms with E-state index in [9.17, 15) is 9.59 Å². The van der Waals surface area contributed by atoms with Crippen molar-refractivity contribution < 1.29 is 14.3 Å². The van der Waals surface area contributed by atoms with Crippen LogP contribution in [0.5, 0.6) is 5.75 Å². The van der Waals surface area contributed by atoms with E-state index in [4.69, 9.17) is 4.74 Å². The molecule has 1 heterocycles. The van der Waals surface area contributed by atoms with Gasteiger partial charge in [-0.2, -0.15) is 0 Å². The fourth-order valence-electron chi connectivity index (χ4n) is 3.11. The number of ether oxygens (including phenoxy) is 1. The van der Waals surface area contributed by atoms with Crippen molar-refractivity contribution in [2.45, 2.75) is 25.8 Å². The zero-order chi connectivity index (χ0) is 18.4. The van der Waals surface area contributed by atoms with Gasteiger partial charge in [0.1, 0.15) is 11.8 Å². The van der Waals surface area contributed by atoms with Crippen LogP contribution in [0.1, 0.15) is 24.5 Å². The van der Waals surface area contributed by atoms with Crippen molar-refractivity contribution >= 4 is 11.8 Å². The fourth-order valence-corrected chi connectivity index (χ4v) is 3.11. The lowest BCUT2D eigenvalue weighted by atomic mass is 10.0. The molecule has 1 fully saturated rings. The Kier molecular flexibility index (Phi) is 5.89. The predicted molar refractivity (Wildman–Crippen MR) is 100.0 cm³/mol. The first-order chi connectivity index (χ1) is 12.6. The largest absolute Gasteiger partial charge is 0.483 e. The molecule has 2 aromatic carbocycles. The Morgan fingerprint density at radius 2 is 1.88 bits per heavy atom. The van der Waals surface area contributed by atoms with Crippen LogP contribution in [0.4, 0.5) is 0 Å². The summed E-state index contributed by atoms with van der Waals surface area (Å²) < 4.78 is 5.83. The minimum absolute atomic E-state index is 0.0660. The number of para-hydroxylation sites is 1.